The van der Waals surface area contributed by atoms with Crippen LogP contribution in [0.15, 0.2) is 41.3 Å². The fourth-order valence-corrected chi connectivity index (χ4v) is 2.83. The highest BCUT2D eigenvalue weighted by atomic mass is 32.2. The molecule has 0 bridgehead atoms. The lowest BCUT2D eigenvalue weighted by molar-refractivity contribution is 0.581. The maximum atomic E-state index is 13.1. The molecule has 19 heavy (non-hydrogen) atoms. The van der Waals surface area contributed by atoms with Gasteiger partial charge in [-0.05, 0) is 35.9 Å². The highest BCUT2D eigenvalue weighted by Gasteiger charge is 2.11. The molecule has 1 atom stereocenters. The van der Waals surface area contributed by atoms with Gasteiger partial charge < -0.3 is 5.73 Å². The first kappa shape index (κ1) is 13.6. The molecule has 100 valence electrons. The third kappa shape index (κ3) is 3.35. The lowest BCUT2D eigenvalue weighted by Gasteiger charge is -2.06. The van der Waals surface area contributed by atoms with Crippen molar-refractivity contribution in [1.82, 2.24) is 0 Å². The van der Waals surface area contributed by atoms with Crippen LogP contribution in [0.3, 0.4) is 0 Å². The SMILES string of the molecule is Nc1ccc(F)cc1S(=O)Cc1cc(F)cc(F)c1. The van der Waals surface area contributed by atoms with E-state index in [1.165, 1.54) is 6.07 Å². The minimum absolute atomic E-state index is 0.115. The highest BCUT2D eigenvalue weighted by Crippen LogP contribution is 2.21. The van der Waals surface area contributed by atoms with E-state index in [9.17, 15) is 17.4 Å². The number of nitrogens with two attached hydrogens (primary N) is 1. The average Bonchev–Trinajstić information content (AvgIpc) is 2.30. The van der Waals surface area contributed by atoms with Crippen LogP contribution in [0.5, 0.6) is 0 Å². The predicted molar refractivity (Wildman–Crippen MR) is 67.3 cm³/mol. The van der Waals surface area contributed by atoms with E-state index in [0.29, 0.717) is 0 Å². The number of rotatable bonds is 3. The van der Waals surface area contributed by atoms with Crippen LogP contribution in [0.25, 0.3) is 0 Å². The lowest BCUT2D eigenvalue weighted by atomic mass is 10.2. The molecule has 2 rings (SSSR count). The summed E-state index contributed by atoms with van der Waals surface area (Å²) in [5, 5.41) is 0. The molecule has 1 unspecified atom stereocenters. The monoisotopic (exact) mass is 285 g/mol. The summed E-state index contributed by atoms with van der Waals surface area (Å²) in [5.74, 6) is -2.20. The summed E-state index contributed by atoms with van der Waals surface area (Å²) in [6.07, 6.45) is 0. The van der Waals surface area contributed by atoms with Crippen molar-refractivity contribution in [3.8, 4) is 0 Å². The fourth-order valence-electron chi connectivity index (χ4n) is 1.63. The number of anilines is 1. The summed E-state index contributed by atoms with van der Waals surface area (Å²) in [7, 11) is -1.67. The molecule has 2 N–H and O–H groups in total. The molecule has 6 heteroatoms. The van der Waals surface area contributed by atoms with E-state index < -0.39 is 28.3 Å². The van der Waals surface area contributed by atoms with Gasteiger partial charge in [-0.3, -0.25) is 4.21 Å². The normalized spacial score (nSPS) is 12.4. The van der Waals surface area contributed by atoms with E-state index in [4.69, 9.17) is 5.73 Å². The Morgan fingerprint density at radius 1 is 0.947 bits per heavy atom. The fraction of sp³-hybridized carbons (Fsp3) is 0.0769. The van der Waals surface area contributed by atoms with Crippen LogP contribution in [0.2, 0.25) is 0 Å². The Morgan fingerprint density at radius 3 is 2.21 bits per heavy atom. The third-order valence-electron chi connectivity index (χ3n) is 2.44. The van der Waals surface area contributed by atoms with Crippen molar-refractivity contribution in [2.45, 2.75) is 10.6 Å². The Morgan fingerprint density at radius 2 is 1.58 bits per heavy atom. The largest absolute Gasteiger partial charge is 0.398 e. The Balaban J connectivity index is 2.28. The molecule has 2 aromatic rings. The number of halogens is 3. The Hall–Kier alpha value is -1.82. The molecule has 0 amide bonds. The minimum Gasteiger partial charge on any atom is -0.398 e. The van der Waals surface area contributed by atoms with Gasteiger partial charge in [0.15, 0.2) is 0 Å². The average molecular weight is 285 g/mol. The van der Waals surface area contributed by atoms with Crippen LogP contribution in [0, 0.1) is 17.5 Å². The summed E-state index contributed by atoms with van der Waals surface area (Å²) >= 11 is 0. The van der Waals surface area contributed by atoms with Crippen LogP contribution in [0.4, 0.5) is 18.9 Å². The summed E-state index contributed by atoms with van der Waals surface area (Å²) in [4.78, 5) is 0.115. The van der Waals surface area contributed by atoms with Crippen LogP contribution in [-0.4, -0.2) is 4.21 Å². The standard InChI is InChI=1S/C13H10F3NOS/c14-9-1-2-12(17)13(6-9)19(18)7-8-3-10(15)5-11(16)4-8/h1-6H,7,17H2. The maximum absolute atomic E-state index is 13.1. The maximum Gasteiger partial charge on any atom is 0.126 e. The zero-order valence-electron chi connectivity index (χ0n) is 9.70. The third-order valence-corrected chi connectivity index (χ3v) is 3.88. The van der Waals surface area contributed by atoms with E-state index >= 15 is 0 Å². The van der Waals surface area contributed by atoms with Crippen LogP contribution in [0.1, 0.15) is 5.56 Å². The molecular weight excluding hydrogens is 275 g/mol. The Kier molecular flexibility index (Phi) is 3.90. The zero-order valence-corrected chi connectivity index (χ0v) is 10.5. The van der Waals surface area contributed by atoms with Gasteiger partial charge in [0.1, 0.15) is 17.5 Å². The number of benzene rings is 2. The quantitative estimate of drug-likeness (QED) is 0.881. The molecule has 0 aliphatic heterocycles. The summed E-state index contributed by atoms with van der Waals surface area (Å²) < 4.78 is 51.1. The van der Waals surface area contributed by atoms with E-state index in [0.717, 1.165) is 30.3 Å². The predicted octanol–water partition coefficient (Wildman–Crippen LogP) is 2.99. The first-order valence-corrected chi connectivity index (χ1v) is 6.66. The van der Waals surface area contributed by atoms with Gasteiger partial charge in [0.05, 0.1) is 21.4 Å². The molecule has 2 aromatic carbocycles. The lowest BCUT2D eigenvalue weighted by Crippen LogP contribution is -2.02. The van der Waals surface area contributed by atoms with Gasteiger partial charge in [0.2, 0.25) is 0 Å². The molecule has 0 aliphatic rings. The molecule has 0 heterocycles. The van der Waals surface area contributed by atoms with Gasteiger partial charge in [-0.15, -0.1) is 0 Å². The van der Waals surface area contributed by atoms with E-state index in [2.05, 4.69) is 0 Å². The molecule has 0 fully saturated rings. The van der Waals surface area contributed by atoms with Crippen molar-refractivity contribution in [2.24, 2.45) is 0 Å². The second-order valence-electron chi connectivity index (χ2n) is 3.95. The van der Waals surface area contributed by atoms with Gasteiger partial charge in [-0.2, -0.15) is 0 Å². The van der Waals surface area contributed by atoms with Gasteiger partial charge >= 0.3 is 0 Å². The van der Waals surface area contributed by atoms with E-state index in [1.54, 1.807) is 0 Å². The molecular formula is C13H10F3NOS. The second-order valence-corrected chi connectivity index (χ2v) is 5.37. The topological polar surface area (TPSA) is 43.1 Å². The molecule has 0 radical (unpaired) electrons. The van der Waals surface area contributed by atoms with Crippen molar-refractivity contribution in [3.05, 3.63) is 59.4 Å². The van der Waals surface area contributed by atoms with Crippen LogP contribution >= 0.6 is 0 Å². The first-order valence-electron chi connectivity index (χ1n) is 5.34. The minimum atomic E-state index is -1.67. The van der Waals surface area contributed by atoms with Gasteiger partial charge in [-0.1, -0.05) is 0 Å². The van der Waals surface area contributed by atoms with Gasteiger partial charge in [0, 0.05) is 11.8 Å². The molecule has 0 saturated carbocycles. The second kappa shape index (κ2) is 5.44. The van der Waals surface area contributed by atoms with Gasteiger partial charge in [-0.25, -0.2) is 13.2 Å². The van der Waals surface area contributed by atoms with Crippen LogP contribution in [-0.2, 0) is 16.6 Å². The Labute approximate surface area is 110 Å². The van der Waals surface area contributed by atoms with Crippen LogP contribution < -0.4 is 5.73 Å². The zero-order chi connectivity index (χ0) is 14.0. The molecule has 0 spiro atoms. The molecule has 0 saturated heterocycles. The first-order chi connectivity index (χ1) is 8.95. The van der Waals surface area contributed by atoms with Crippen molar-refractivity contribution < 1.29 is 17.4 Å². The van der Waals surface area contributed by atoms with Crippen molar-refractivity contribution in [3.63, 3.8) is 0 Å². The summed E-state index contributed by atoms with van der Waals surface area (Å²) in [6.45, 7) is 0. The molecule has 0 aromatic heterocycles. The molecule has 2 nitrogen and oxygen atoms in total. The van der Waals surface area contributed by atoms with Gasteiger partial charge in [0.25, 0.3) is 0 Å². The summed E-state index contributed by atoms with van der Waals surface area (Å²) in [6, 6.07) is 6.39. The number of hydrogen-bond donors (Lipinski definition) is 1. The van der Waals surface area contributed by atoms with Crippen molar-refractivity contribution >= 4 is 16.5 Å². The van der Waals surface area contributed by atoms with Crippen molar-refractivity contribution in [2.75, 3.05) is 5.73 Å². The number of nitrogen functional groups attached to an aromatic ring is 1. The van der Waals surface area contributed by atoms with Crippen molar-refractivity contribution in [1.29, 1.82) is 0 Å². The Bertz CT molecular complexity index is 626. The summed E-state index contributed by atoms with van der Waals surface area (Å²) in [5.41, 5.74) is 6.00. The van der Waals surface area contributed by atoms with E-state index in [1.807, 2.05) is 0 Å². The van der Waals surface area contributed by atoms with E-state index in [-0.39, 0.29) is 21.9 Å². The number of hydrogen-bond acceptors (Lipinski definition) is 2. The molecule has 0 aliphatic carbocycles. The highest BCUT2D eigenvalue weighted by molar-refractivity contribution is 7.84. The smallest absolute Gasteiger partial charge is 0.126 e.